The lowest BCUT2D eigenvalue weighted by Crippen LogP contribution is -1.80. The first-order valence-corrected chi connectivity index (χ1v) is 9.20. The Labute approximate surface area is 150 Å². The minimum Gasteiger partial charge on any atom is -0.416 e. The van der Waals surface area contributed by atoms with E-state index in [4.69, 9.17) is 4.42 Å². The highest BCUT2D eigenvalue weighted by Crippen LogP contribution is 2.27. The molecule has 0 saturated carbocycles. The van der Waals surface area contributed by atoms with Gasteiger partial charge in [-0.2, -0.15) is 0 Å². The van der Waals surface area contributed by atoms with E-state index in [0.29, 0.717) is 11.8 Å². The first-order valence-electron chi connectivity index (χ1n) is 7.97. The highest BCUT2D eigenvalue weighted by atomic mass is 32.2. The monoisotopic (exact) mass is 344 g/mol. The number of rotatable bonds is 4. The molecule has 3 nitrogen and oxygen atoms in total. The molecule has 4 heteroatoms. The van der Waals surface area contributed by atoms with Crippen LogP contribution in [-0.4, -0.2) is 16.5 Å². The van der Waals surface area contributed by atoms with Gasteiger partial charge < -0.3 is 4.42 Å². The van der Waals surface area contributed by atoms with Crippen molar-refractivity contribution < 1.29 is 4.42 Å². The summed E-state index contributed by atoms with van der Waals surface area (Å²) in [6.45, 7) is 0. The van der Waals surface area contributed by atoms with Crippen molar-refractivity contribution in [1.82, 2.24) is 10.2 Å². The van der Waals surface area contributed by atoms with E-state index in [1.165, 1.54) is 10.5 Å². The quantitative estimate of drug-likeness (QED) is 0.439. The van der Waals surface area contributed by atoms with E-state index in [1.807, 2.05) is 42.5 Å². The maximum atomic E-state index is 5.85. The molecule has 4 rings (SSSR count). The lowest BCUT2D eigenvalue weighted by atomic mass is 10.0. The molecule has 0 fully saturated rings. The van der Waals surface area contributed by atoms with Gasteiger partial charge in [0, 0.05) is 16.0 Å². The topological polar surface area (TPSA) is 38.9 Å². The largest absolute Gasteiger partial charge is 0.416 e. The Kier molecular flexibility index (Phi) is 4.36. The molecule has 1 heterocycles. The van der Waals surface area contributed by atoms with Crippen molar-refractivity contribution in [2.24, 2.45) is 0 Å². The standard InChI is InChI=1S/C21H16N2OS/c1-25-19-13-11-18(12-14-19)21-23-22-20(24-21)17-9-7-16(8-10-17)15-5-3-2-4-6-15/h2-14H,1H3. The fraction of sp³-hybridized carbons (Fsp3) is 0.0476. The predicted octanol–water partition coefficient (Wildman–Crippen LogP) is 5.79. The Balaban J connectivity index is 1.59. The van der Waals surface area contributed by atoms with Gasteiger partial charge in [0.25, 0.3) is 0 Å². The molecule has 0 radical (unpaired) electrons. The fourth-order valence-corrected chi connectivity index (χ4v) is 3.03. The normalized spacial score (nSPS) is 10.8. The van der Waals surface area contributed by atoms with Crippen molar-refractivity contribution in [3.8, 4) is 34.0 Å². The van der Waals surface area contributed by atoms with E-state index < -0.39 is 0 Å². The zero-order chi connectivity index (χ0) is 17.1. The summed E-state index contributed by atoms with van der Waals surface area (Å²) in [5, 5.41) is 8.36. The van der Waals surface area contributed by atoms with E-state index in [2.05, 4.69) is 52.9 Å². The molecular formula is C21H16N2OS. The van der Waals surface area contributed by atoms with E-state index in [0.717, 1.165) is 16.7 Å². The van der Waals surface area contributed by atoms with Crippen LogP contribution in [0.1, 0.15) is 0 Å². The van der Waals surface area contributed by atoms with E-state index >= 15 is 0 Å². The highest BCUT2D eigenvalue weighted by molar-refractivity contribution is 7.98. The van der Waals surface area contributed by atoms with Gasteiger partial charge in [0.15, 0.2) is 0 Å². The van der Waals surface area contributed by atoms with Gasteiger partial charge in [-0.25, -0.2) is 0 Å². The van der Waals surface area contributed by atoms with Crippen LogP contribution >= 0.6 is 11.8 Å². The summed E-state index contributed by atoms with van der Waals surface area (Å²) in [5.41, 5.74) is 4.20. The molecular weight excluding hydrogens is 328 g/mol. The molecule has 0 atom stereocenters. The number of thioether (sulfide) groups is 1. The average molecular weight is 344 g/mol. The number of hydrogen-bond donors (Lipinski definition) is 0. The van der Waals surface area contributed by atoms with Crippen molar-refractivity contribution in [2.45, 2.75) is 4.90 Å². The molecule has 0 aliphatic heterocycles. The van der Waals surface area contributed by atoms with Gasteiger partial charge in [0.2, 0.25) is 11.8 Å². The second-order valence-electron chi connectivity index (χ2n) is 5.58. The number of nitrogens with zero attached hydrogens (tertiary/aromatic N) is 2. The predicted molar refractivity (Wildman–Crippen MR) is 102 cm³/mol. The molecule has 0 saturated heterocycles. The van der Waals surface area contributed by atoms with Gasteiger partial charge in [-0.1, -0.05) is 42.5 Å². The van der Waals surface area contributed by atoms with E-state index in [9.17, 15) is 0 Å². The highest BCUT2D eigenvalue weighted by Gasteiger charge is 2.10. The van der Waals surface area contributed by atoms with Gasteiger partial charge in [0.05, 0.1) is 0 Å². The maximum absolute atomic E-state index is 5.85. The second kappa shape index (κ2) is 6.95. The molecule has 0 unspecified atom stereocenters. The van der Waals surface area contributed by atoms with Crippen molar-refractivity contribution in [1.29, 1.82) is 0 Å². The molecule has 0 spiro atoms. The van der Waals surface area contributed by atoms with Crippen LogP contribution in [0.15, 0.2) is 88.2 Å². The summed E-state index contributed by atoms with van der Waals surface area (Å²) in [5.74, 6) is 1.07. The number of hydrogen-bond acceptors (Lipinski definition) is 4. The van der Waals surface area contributed by atoms with Crippen LogP contribution in [0.25, 0.3) is 34.0 Å². The van der Waals surface area contributed by atoms with Crippen LogP contribution in [0.5, 0.6) is 0 Å². The first kappa shape index (κ1) is 15.7. The molecule has 0 amide bonds. The molecule has 0 aliphatic carbocycles. The summed E-state index contributed by atoms with van der Waals surface area (Å²) in [6.07, 6.45) is 2.05. The van der Waals surface area contributed by atoms with Crippen LogP contribution < -0.4 is 0 Å². The Morgan fingerprint density at radius 3 is 1.64 bits per heavy atom. The van der Waals surface area contributed by atoms with Gasteiger partial charge >= 0.3 is 0 Å². The summed E-state index contributed by atoms with van der Waals surface area (Å²) in [6, 6.07) is 26.6. The minimum absolute atomic E-state index is 0.531. The van der Waals surface area contributed by atoms with Crippen molar-refractivity contribution in [2.75, 3.05) is 6.26 Å². The lowest BCUT2D eigenvalue weighted by molar-refractivity contribution is 0.584. The van der Waals surface area contributed by atoms with E-state index in [-0.39, 0.29) is 0 Å². The molecule has 0 N–H and O–H groups in total. The van der Waals surface area contributed by atoms with Crippen LogP contribution in [0.3, 0.4) is 0 Å². The molecule has 0 aliphatic rings. The molecule has 1 aromatic heterocycles. The third-order valence-corrected chi connectivity index (χ3v) is 4.74. The average Bonchev–Trinajstić information content (AvgIpc) is 3.19. The Bertz CT molecular complexity index is 961. The minimum atomic E-state index is 0.531. The second-order valence-corrected chi connectivity index (χ2v) is 6.46. The number of aromatic nitrogens is 2. The summed E-state index contributed by atoms with van der Waals surface area (Å²) in [7, 11) is 0. The van der Waals surface area contributed by atoms with Crippen molar-refractivity contribution in [3.05, 3.63) is 78.9 Å². The molecule has 25 heavy (non-hydrogen) atoms. The summed E-state index contributed by atoms with van der Waals surface area (Å²) in [4.78, 5) is 1.21. The third-order valence-electron chi connectivity index (χ3n) is 4.00. The van der Waals surface area contributed by atoms with Crippen molar-refractivity contribution in [3.63, 3.8) is 0 Å². The van der Waals surface area contributed by atoms with Crippen LogP contribution in [0, 0.1) is 0 Å². The van der Waals surface area contributed by atoms with E-state index in [1.54, 1.807) is 11.8 Å². The zero-order valence-electron chi connectivity index (χ0n) is 13.7. The van der Waals surface area contributed by atoms with Crippen molar-refractivity contribution >= 4 is 11.8 Å². The van der Waals surface area contributed by atoms with Crippen LogP contribution in [0.4, 0.5) is 0 Å². The van der Waals surface area contributed by atoms with Gasteiger partial charge in [0.1, 0.15) is 0 Å². The maximum Gasteiger partial charge on any atom is 0.248 e. The summed E-state index contributed by atoms with van der Waals surface area (Å²) >= 11 is 1.71. The van der Waals surface area contributed by atoms with Gasteiger partial charge in [-0.3, -0.25) is 0 Å². The molecule has 0 bridgehead atoms. The lowest BCUT2D eigenvalue weighted by Gasteiger charge is -2.02. The van der Waals surface area contributed by atoms with Crippen LogP contribution in [0.2, 0.25) is 0 Å². The third kappa shape index (κ3) is 3.35. The van der Waals surface area contributed by atoms with Gasteiger partial charge in [-0.15, -0.1) is 22.0 Å². The molecule has 3 aromatic carbocycles. The first-order chi connectivity index (χ1) is 12.3. The SMILES string of the molecule is CSc1ccc(-c2nnc(-c3ccc(-c4ccccc4)cc3)o2)cc1. The molecule has 122 valence electrons. The van der Waals surface area contributed by atoms with Crippen LogP contribution in [-0.2, 0) is 0 Å². The zero-order valence-corrected chi connectivity index (χ0v) is 14.5. The Morgan fingerprint density at radius 1 is 0.600 bits per heavy atom. The smallest absolute Gasteiger partial charge is 0.248 e. The Hall–Kier alpha value is -2.85. The molecule has 4 aromatic rings. The number of benzene rings is 3. The Morgan fingerprint density at radius 2 is 1.08 bits per heavy atom. The summed E-state index contributed by atoms with van der Waals surface area (Å²) < 4.78 is 5.85. The fourth-order valence-electron chi connectivity index (χ4n) is 2.63. The van der Waals surface area contributed by atoms with Gasteiger partial charge in [-0.05, 0) is 53.8 Å².